The van der Waals surface area contributed by atoms with E-state index in [0.717, 1.165) is 24.4 Å². The molecule has 0 spiro atoms. The summed E-state index contributed by atoms with van der Waals surface area (Å²) in [5, 5.41) is 0. The zero-order chi connectivity index (χ0) is 13.8. The minimum Gasteiger partial charge on any atom is -0.330 e. The first kappa shape index (κ1) is 15.3. The van der Waals surface area contributed by atoms with E-state index in [2.05, 4.69) is 30.7 Å². The lowest BCUT2D eigenvalue weighted by Crippen LogP contribution is -2.57. The molecule has 2 N–H and O–H groups in total. The number of rotatable bonds is 4. The fourth-order valence-electron chi connectivity index (χ4n) is 4.06. The van der Waals surface area contributed by atoms with E-state index in [-0.39, 0.29) is 0 Å². The summed E-state index contributed by atoms with van der Waals surface area (Å²) in [5.41, 5.74) is 6.04. The van der Waals surface area contributed by atoms with Gasteiger partial charge in [0, 0.05) is 31.7 Å². The molecule has 1 aliphatic carbocycles. The first-order chi connectivity index (χ1) is 9.15. The quantitative estimate of drug-likeness (QED) is 0.847. The van der Waals surface area contributed by atoms with Crippen molar-refractivity contribution in [1.82, 2.24) is 9.80 Å². The third-order valence-electron chi connectivity index (χ3n) is 5.52. The van der Waals surface area contributed by atoms with E-state index in [1.54, 1.807) is 0 Å². The Labute approximate surface area is 119 Å². The van der Waals surface area contributed by atoms with E-state index in [0.29, 0.717) is 6.04 Å². The lowest BCUT2D eigenvalue weighted by Gasteiger charge is -2.47. The van der Waals surface area contributed by atoms with Gasteiger partial charge in [0.15, 0.2) is 0 Å². The minimum atomic E-state index is 0.693. The standard InChI is InChI=1S/C16H33N3/c1-4-5-14-6-7-15(11-17)16(10-14)19-9-8-18(3)13(2)12-19/h13-16H,4-12,17H2,1-3H3. The molecule has 1 saturated carbocycles. The van der Waals surface area contributed by atoms with Gasteiger partial charge >= 0.3 is 0 Å². The van der Waals surface area contributed by atoms with Crippen LogP contribution in [0.5, 0.6) is 0 Å². The molecule has 3 heteroatoms. The van der Waals surface area contributed by atoms with Crippen molar-refractivity contribution in [3.05, 3.63) is 0 Å². The summed E-state index contributed by atoms with van der Waals surface area (Å²) >= 11 is 0. The highest BCUT2D eigenvalue weighted by Crippen LogP contribution is 2.35. The number of likely N-dealkylation sites (N-methyl/N-ethyl adjacent to an activating group) is 1. The van der Waals surface area contributed by atoms with Gasteiger partial charge in [-0.1, -0.05) is 26.2 Å². The van der Waals surface area contributed by atoms with Gasteiger partial charge in [-0.2, -0.15) is 0 Å². The van der Waals surface area contributed by atoms with Crippen LogP contribution in [0.1, 0.15) is 46.0 Å². The van der Waals surface area contributed by atoms with E-state index in [4.69, 9.17) is 5.73 Å². The largest absolute Gasteiger partial charge is 0.330 e. The topological polar surface area (TPSA) is 32.5 Å². The van der Waals surface area contributed by atoms with Gasteiger partial charge in [0.25, 0.3) is 0 Å². The number of hydrogen-bond donors (Lipinski definition) is 1. The summed E-state index contributed by atoms with van der Waals surface area (Å²) in [6.45, 7) is 9.24. The summed E-state index contributed by atoms with van der Waals surface area (Å²) in [6.07, 6.45) is 6.91. The van der Waals surface area contributed by atoms with Crippen molar-refractivity contribution in [2.75, 3.05) is 33.2 Å². The monoisotopic (exact) mass is 267 g/mol. The van der Waals surface area contributed by atoms with Crippen molar-refractivity contribution in [2.24, 2.45) is 17.6 Å². The fraction of sp³-hybridized carbons (Fsp3) is 1.00. The predicted octanol–water partition coefficient (Wildman–Crippen LogP) is 2.17. The molecule has 0 bridgehead atoms. The van der Waals surface area contributed by atoms with Crippen LogP contribution in [0.25, 0.3) is 0 Å². The third kappa shape index (κ3) is 3.71. The Morgan fingerprint density at radius 2 is 2.00 bits per heavy atom. The van der Waals surface area contributed by atoms with Gasteiger partial charge in [-0.15, -0.1) is 0 Å². The first-order valence-corrected chi connectivity index (χ1v) is 8.30. The van der Waals surface area contributed by atoms with Crippen LogP contribution < -0.4 is 5.73 Å². The summed E-state index contributed by atoms with van der Waals surface area (Å²) < 4.78 is 0. The molecule has 2 rings (SSSR count). The zero-order valence-corrected chi connectivity index (χ0v) is 13.1. The number of piperazine rings is 1. The molecular weight excluding hydrogens is 234 g/mol. The summed E-state index contributed by atoms with van der Waals surface area (Å²) in [6, 6.07) is 1.45. The Kier molecular flexibility index (Phi) is 5.67. The van der Waals surface area contributed by atoms with Gasteiger partial charge in [-0.25, -0.2) is 0 Å². The molecule has 0 radical (unpaired) electrons. The predicted molar refractivity (Wildman–Crippen MR) is 82.2 cm³/mol. The molecule has 1 saturated heterocycles. The van der Waals surface area contributed by atoms with Crippen molar-refractivity contribution in [3.8, 4) is 0 Å². The maximum atomic E-state index is 6.04. The van der Waals surface area contributed by atoms with Crippen molar-refractivity contribution in [1.29, 1.82) is 0 Å². The molecule has 2 fully saturated rings. The SMILES string of the molecule is CCCC1CCC(CN)C(N2CCN(C)C(C)C2)C1. The molecule has 0 amide bonds. The van der Waals surface area contributed by atoms with Gasteiger partial charge in [-0.3, -0.25) is 4.90 Å². The van der Waals surface area contributed by atoms with Crippen molar-refractivity contribution < 1.29 is 0 Å². The van der Waals surface area contributed by atoms with Crippen LogP contribution in [0.3, 0.4) is 0 Å². The average molecular weight is 267 g/mol. The van der Waals surface area contributed by atoms with Gasteiger partial charge < -0.3 is 10.6 Å². The van der Waals surface area contributed by atoms with E-state index < -0.39 is 0 Å². The molecule has 0 aromatic heterocycles. The fourth-order valence-corrected chi connectivity index (χ4v) is 4.06. The zero-order valence-electron chi connectivity index (χ0n) is 13.1. The molecule has 19 heavy (non-hydrogen) atoms. The molecule has 2 aliphatic rings. The van der Waals surface area contributed by atoms with Crippen molar-refractivity contribution >= 4 is 0 Å². The minimum absolute atomic E-state index is 0.693. The second-order valence-corrected chi connectivity index (χ2v) is 6.86. The van der Waals surface area contributed by atoms with Crippen molar-refractivity contribution in [3.63, 3.8) is 0 Å². The molecular formula is C16H33N3. The van der Waals surface area contributed by atoms with E-state index >= 15 is 0 Å². The van der Waals surface area contributed by atoms with Crippen LogP contribution in [0.15, 0.2) is 0 Å². The number of nitrogens with zero attached hydrogens (tertiary/aromatic N) is 2. The van der Waals surface area contributed by atoms with E-state index in [1.807, 2.05) is 0 Å². The highest BCUT2D eigenvalue weighted by molar-refractivity contribution is 4.90. The Bertz CT molecular complexity index is 269. The van der Waals surface area contributed by atoms with E-state index in [9.17, 15) is 0 Å². The van der Waals surface area contributed by atoms with E-state index in [1.165, 1.54) is 51.7 Å². The van der Waals surface area contributed by atoms with Crippen LogP contribution in [-0.2, 0) is 0 Å². The van der Waals surface area contributed by atoms with Crippen LogP contribution in [0.4, 0.5) is 0 Å². The molecule has 4 atom stereocenters. The molecule has 1 heterocycles. The summed E-state index contributed by atoms with van der Waals surface area (Å²) in [7, 11) is 2.25. The smallest absolute Gasteiger partial charge is 0.0192 e. The Morgan fingerprint density at radius 3 is 2.63 bits per heavy atom. The lowest BCUT2D eigenvalue weighted by atomic mass is 9.75. The molecule has 112 valence electrons. The Morgan fingerprint density at radius 1 is 1.21 bits per heavy atom. The third-order valence-corrected chi connectivity index (χ3v) is 5.52. The second-order valence-electron chi connectivity index (χ2n) is 6.86. The van der Waals surface area contributed by atoms with Crippen LogP contribution in [-0.4, -0.2) is 55.1 Å². The molecule has 3 nitrogen and oxygen atoms in total. The van der Waals surface area contributed by atoms with Crippen LogP contribution >= 0.6 is 0 Å². The van der Waals surface area contributed by atoms with Gasteiger partial charge in [0.2, 0.25) is 0 Å². The van der Waals surface area contributed by atoms with Crippen molar-refractivity contribution in [2.45, 2.75) is 58.0 Å². The molecule has 1 aliphatic heterocycles. The second kappa shape index (κ2) is 7.05. The molecule has 4 unspecified atom stereocenters. The maximum absolute atomic E-state index is 6.04. The number of hydrogen-bond acceptors (Lipinski definition) is 3. The average Bonchev–Trinajstić information content (AvgIpc) is 2.42. The first-order valence-electron chi connectivity index (χ1n) is 8.30. The van der Waals surface area contributed by atoms with Gasteiger partial charge in [0.05, 0.1) is 0 Å². The lowest BCUT2D eigenvalue weighted by molar-refractivity contribution is 0.0206. The summed E-state index contributed by atoms with van der Waals surface area (Å²) in [4.78, 5) is 5.24. The van der Waals surface area contributed by atoms with Gasteiger partial charge in [-0.05, 0) is 45.2 Å². The van der Waals surface area contributed by atoms with Crippen LogP contribution in [0, 0.1) is 11.8 Å². The number of nitrogens with two attached hydrogens (primary N) is 1. The van der Waals surface area contributed by atoms with Crippen LogP contribution in [0.2, 0.25) is 0 Å². The highest BCUT2D eigenvalue weighted by Gasteiger charge is 2.35. The molecule has 0 aromatic carbocycles. The normalized spacial score (nSPS) is 38.5. The van der Waals surface area contributed by atoms with Gasteiger partial charge in [0.1, 0.15) is 0 Å². The Hall–Kier alpha value is -0.120. The maximum Gasteiger partial charge on any atom is 0.0192 e. The highest BCUT2D eigenvalue weighted by atomic mass is 15.3. The summed E-state index contributed by atoms with van der Waals surface area (Å²) in [5.74, 6) is 1.69. The Balaban J connectivity index is 1.97. The molecule has 0 aromatic rings.